The van der Waals surface area contributed by atoms with Crippen molar-refractivity contribution in [1.82, 2.24) is 0 Å². The second kappa shape index (κ2) is 11.3. The van der Waals surface area contributed by atoms with Crippen molar-refractivity contribution >= 4 is 114 Å². The van der Waals surface area contributed by atoms with Gasteiger partial charge in [-0.25, -0.2) is 0 Å². The van der Waals surface area contributed by atoms with Crippen LogP contribution < -0.4 is 4.90 Å². The maximum atomic E-state index is 6.72. The van der Waals surface area contributed by atoms with Gasteiger partial charge in [0.1, 0.15) is 16.7 Å². The minimum Gasteiger partial charge on any atom is -0.455 e. The Kier molecular flexibility index (Phi) is 6.21. The van der Waals surface area contributed by atoms with Crippen LogP contribution in [0.4, 0.5) is 17.1 Å². The fourth-order valence-electron chi connectivity index (χ4n) is 8.56. The summed E-state index contributed by atoms with van der Waals surface area (Å²) in [5.41, 5.74) is 9.06. The number of para-hydroxylation sites is 2. The average Bonchev–Trinajstić information content (AvgIpc) is 3.93. The van der Waals surface area contributed by atoms with Gasteiger partial charge in [0, 0.05) is 52.8 Å². The van der Waals surface area contributed by atoms with E-state index in [0.29, 0.717) is 0 Å². The third-order valence-corrected chi connectivity index (χ3v) is 12.2. The molecule has 12 rings (SSSR count). The van der Waals surface area contributed by atoms with Gasteiger partial charge in [0.05, 0.1) is 11.4 Å². The highest BCUT2D eigenvalue weighted by atomic mass is 32.1. The van der Waals surface area contributed by atoms with Crippen LogP contribution in [-0.2, 0) is 0 Å². The van der Waals surface area contributed by atoms with Gasteiger partial charge in [-0.2, -0.15) is 0 Å². The number of anilines is 3. The summed E-state index contributed by atoms with van der Waals surface area (Å²) in [5.74, 6) is 0. The van der Waals surface area contributed by atoms with Gasteiger partial charge in [-0.05, 0) is 87.9 Å². The van der Waals surface area contributed by atoms with E-state index in [2.05, 4.69) is 175 Å². The summed E-state index contributed by atoms with van der Waals surface area (Å²) in [5, 5.41) is 11.7. The van der Waals surface area contributed by atoms with Crippen LogP contribution in [0.15, 0.2) is 185 Å². The molecule has 0 spiro atoms. The molecule has 4 heteroatoms. The van der Waals surface area contributed by atoms with Gasteiger partial charge in [0.2, 0.25) is 0 Å². The van der Waals surface area contributed by atoms with E-state index >= 15 is 0 Å². The molecule has 9 aromatic carbocycles. The first-order valence-electron chi connectivity index (χ1n) is 18.2. The molecule has 0 saturated carbocycles. The number of rotatable bonds is 4. The van der Waals surface area contributed by atoms with Crippen LogP contribution in [0.1, 0.15) is 0 Å². The molecule has 0 fully saturated rings. The molecule has 0 amide bonds. The molecule has 3 heterocycles. The number of thiophene rings is 1. The van der Waals surface area contributed by atoms with Crippen LogP contribution in [0.5, 0.6) is 0 Å². The van der Waals surface area contributed by atoms with Gasteiger partial charge in [-0.1, -0.05) is 115 Å². The van der Waals surface area contributed by atoms with Gasteiger partial charge in [-0.15, -0.1) is 11.3 Å². The standard InChI is InChI=1S/C50H29NO2S/c1-2-11-33-29-34(20-19-30(33)9-1)31-21-24-35(25-22-31)51(41-16-7-14-38-37-13-5-6-17-42(37)52-50(38)41)40-15-8-18-44-47(40)48-45(54-44)28-27-43-46(48)39-26-23-32-10-3-4-12-36(32)49(39)53-43/h1-29H. The quantitative estimate of drug-likeness (QED) is 0.182. The Labute approximate surface area is 313 Å². The minimum absolute atomic E-state index is 0.860. The lowest BCUT2D eigenvalue weighted by molar-refractivity contribution is 0.669. The zero-order chi connectivity index (χ0) is 35.3. The van der Waals surface area contributed by atoms with E-state index in [1.165, 1.54) is 47.5 Å². The summed E-state index contributed by atoms with van der Waals surface area (Å²) in [4.78, 5) is 2.39. The second-order valence-electron chi connectivity index (χ2n) is 14.0. The zero-order valence-corrected chi connectivity index (χ0v) is 29.7. The minimum atomic E-state index is 0.860. The Morgan fingerprint density at radius 2 is 1.06 bits per heavy atom. The van der Waals surface area contributed by atoms with Crippen molar-refractivity contribution in [3.05, 3.63) is 176 Å². The number of fused-ring (bicyclic) bond motifs is 13. The Morgan fingerprint density at radius 1 is 0.370 bits per heavy atom. The van der Waals surface area contributed by atoms with E-state index in [9.17, 15) is 0 Å². The van der Waals surface area contributed by atoms with Crippen LogP contribution in [0.3, 0.4) is 0 Å². The number of furan rings is 2. The summed E-state index contributed by atoms with van der Waals surface area (Å²) < 4.78 is 15.9. The van der Waals surface area contributed by atoms with Crippen LogP contribution in [0.2, 0.25) is 0 Å². The van der Waals surface area contributed by atoms with Crippen molar-refractivity contribution in [2.75, 3.05) is 4.90 Å². The third kappa shape index (κ3) is 4.29. The lowest BCUT2D eigenvalue weighted by Gasteiger charge is -2.27. The third-order valence-electron chi connectivity index (χ3n) is 11.0. The van der Waals surface area contributed by atoms with Crippen LogP contribution in [0, 0.1) is 0 Å². The topological polar surface area (TPSA) is 29.5 Å². The molecule has 0 N–H and O–H groups in total. The molecule has 12 aromatic rings. The molecule has 252 valence electrons. The number of hydrogen-bond donors (Lipinski definition) is 0. The number of hydrogen-bond acceptors (Lipinski definition) is 4. The van der Waals surface area contributed by atoms with Crippen molar-refractivity contribution < 1.29 is 8.83 Å². The molecular formula is C50H29NO2S. The maximum Gasteiger partial charge on any atom is 0.159 e. The van der Waals surface area contributed by atoms with Gasteiger partial charge in [-0.3, -0.25) is 0 Å². The molecule has 0 aliphatic carbocycles. The predicted molar refractivity (Wildman–Crippen MR) is 229 cm³/mol. The molecule has 0 saturated heterocycles. The van der Waals surface area contributed by atoms with Gasteiger partial charge in [0.15, 0.2) is 5.58 Å². The van der Waals surface area contributed by atoms with Gasteiger partial charge in [0.25, 0.3) is 0 Å². The van der Waals surface area contributed by atoms with Crippen molar-refractivity contribution in [2.45, 2.75) is 0 Å². The molecule has 0 radical (unpaired) electrons. The van der Waals surface area contributed by atoms with Crippen molar-refractivity contribution in [3.63, 3.8) is 0 Å². The van der Waals surface area contributed by atoms with Crippen LogP contribution >= 0.6 is 11.3 Å². The molecule has 0 unspecified atom stereocenters. The summed E-state index contributed by atoms with van der Waals surface area (Å²) in [6.07, 6.45) is 0. The first kappa shape index (κ1) is 29.7. The lowest BCUT2D eigenvalue weighted by Crippen LogP contribution is -2.10. The molecule has 0 aliphatic rings. The molecule has 3 aromatic heterocycles. The largest absolute Gasteiger partial charge is 0.455 e. The van der Waals surface area contributed by atoms with E-state index in [1.807, 2.05) is 17.4 Å². The highest BCUT2D eigenvalue weighted by molar-refractivity contribution is 7.26. The lowest BCUT2D eigenvalue weighted by atomic mass is 10.00. The molecule has 54 heavy (non-hydrogen) atoms. The SMILES string of the molecule is c1ccc2cc(-c3ccc(N(c4cccc5c4oc4ccccc45)c4cccc5sc6ccc7oc8c9ccccc9ccc8c7c6c45)cc3)ccc2c1. The molecule has 0 atom stereocenters. The highest BCUT2D eigenvalue weighted by Crippen LogP contribution is 2.50. The maximum absolute atomic E-state index is 6.72. The Hall–Kier alpha value is -6.88. The summed E-state index contributed by atoms with van der Waals surface area (Å²) in [6.45, 7) is 0. The first-order chi connectivity index (χ1) is 26.8. The molecule has 0 aliphatic heterocycles. The Bertz CT molecular complexity index is 3460. The normalized spacial score (nSPS) is 12.1. The Morgan fingerprint density at radius 3 is 1.96 bits per heavy atom. The van der Waals surface area contributed by atoms with Crippen LogP contribution in [-0.4, -0.2) is 0 Å². The van der Waals surface area contributed by atoms with Crippen molar-refractivity contribution in [2.24, 2.45) is 0 Å². The van der Waals surface area contributed by atoms with Gasteiger partial charge >= 0.3 is 0 Å². The Balaban J connectivity index is 1.14. The van der Waals surface area contributed by atoms with Crippen molar-refractivity contribution in [1.29, 1.82) is 0 Å². The van der Waals surface area contributed by atoms with E-state index in [1.54, 1.807) is 0 Å². The summed E-state index contributed by atoms with van der Waals surface area (Å²) >= 11 is 1.83. The average molecular weight is 708 g/mol. The summed E-state index contributed by atoms with van der Waals surface area (Å²) in [7, 11) is 0. The fraction of sp³-hybridized carbons (Fsp3) is 0. The van der Waals surface area contributed by atoms with Gasteiger partial charge < -0.3 is 13.7 Å². The fourth-order valence-corrected chi connectivity index (χ4v) is 9.69. The first-order valence-corrected chi connectivity index (χ1v) is 19.1. The number of nitrogens with zero attached hydrogens (tertiary/aromatic N) is 1. The molecule has 0 bridgehead atoms. The van der Waals surface area contributed by atoms with E-state index in [0.717, 1.165) is 66.3 Å². The summed E-state index contributed by atoms with van der Waals surface area (Å²) in [6, 6.07) is 63.0. The smallest absolute Gasteiger partial charge is 0.159 e. The number of benzene rings is 9. The predicted octanol–water partition coefficient (Wildman–Crippen LogP) is 15.3. The van der Waals surface area contributed by atoms with E-state index < -0.39 is 0 Å². The van der Waals surface area contributed by atoms with Crippen LogP contribution in [0.25, 0.3) is 96.7 Å². The molecule has 3 nitrogen and oxygen atoms in total. The zero-order valence-electron chi connectivity index (χ0n) is 28.9. The molecular weight excluding hydrogens is 679 g/mol. The second-order valence-corrected chi connectivity index (χ2v) is 15.1. The highest BCUT2D eigenvalue weighted by Gasteiger charge is 2.24. The van der Waals surface area contributed by atoms with E-state index in [4.69, 9.17) is 8.83 Å². The monoisotopic (exact) mass is 707 g/mol. The van der Waals surface area contributed by atoms with E-state index in [-0.39, 0.29) is 0 Å². The van der Waals surface area contributed by atoms with Crippen molar-refractivity contribution in [3.8, 4) is 11.1 Å².